The fourth-order valence-corrected chi connectivity index (χ4v) is 3.51. The zero-order valence-corrected chi connectivity index (χ0v) is 14.7. The molecule has 4 rings (SSSR count). The van der Waals surface area contributed by atoms with Gasteiger partial charge in [0.15, 0.2) is 11.5 Å². The van der Waals surface area contributed by atoms with Crippen molar-refractivity contribution in [3.8, 4) is 17.6 Å². The first-order valence-corrected chi connectivity index (χ1v) is 8.85. The lowest BCUT2D eigenvalue weighted by Gasteiger charge is -2.23. The third-order valence-corrected chi connectivity index (χ3v) is 5.29. The average Bonchev–Trinajstić information content (AvgIpc) is 3.44. The smallest absolute Gasteiger partial charge is 0.161 e. The van der Waals surface area contributed by atoms with Crippen molar-refractivity contribution < 1.29 is 9.47 Å². The molecule has 130 valence electrons. The third kappa shape index (κ3) is 3.10. The van der Waals surface area contributed by atoms with Crippen LogP contribution < -0.4 is 14.8 Å². The Bertz CT molecular complexity index is 830. The summed E-state index contributed by atoms with van der Waals surface area (Å²) in [5.41, 5.74) is 4.28. The molecule has 1 aliphatic heterocycles. The van der Waals surface area contributed by atoms with Gasteiger partial charge in [0.2, 0.25) is 0 Å². The van der Waals surface area contributed by atoms with Gasteiger partial charge < -0.3 is 19.4 Å². The van der Waals surface area contributed by atoms with Crippen molar-refractivity contribution in [2.75, 3.05) is 13.2 Å². The van der Waals surface area contributed by atoms with E-state index in [-0.39, 0.29) is 0 Å². The lowest BCUT2D eigenvalue weighted by molar-refractivity contribution is 0.171. The van der Waals surface area contributed by atoms with Crippen LogP contribution in [0.2, 0.25) is 0 Å². The molecule has 25 heavy (non-hydrogen) atoms. The third-order valence-electron chi connectivity index (χ3n) is 5.29. The molecule has 2 aliphatic rings. The predicted molar refractivity (Wildman–Crippen MR) is 94.6 cm³/mol. The highest BCUT2D eigenvalue weighted by molar-refractivity contribution is 5.45. The molecule has 5 nitrogen and oxygen atoms in total. The highest BCUT2D eigenvalue weighted by Crippen LogP contribution is 2.43. The Hall–Kier alpha value is -2.45. The van der Waals surface area contributed by atoms with Gasteiger partial charge in [0.05, 0.1) is 0 Å². The zero-order valence-electron chi connectivity index (χ0n) is 14.7. The summed E-state index contributed by atoms with van der Waals surface area (Å²) in [5.74, 6) is 2.35. The Morgan fingerprint density at radius 2 is 2.00 bits per heavy atom. The first kappa shape index (κ1) is 16.0. The van der Waals surface area contributed by atoms with E-state index in [1.807, 2.05) is 23.7 Å². The summed E-state index contributed by atoms with van der Waals surface area (Å²) in [6.07, 6.45) is 2.51. The fraction of sp³-hybridized carbons (Fsp3) is 0.450. The number of rotatable bonds is 5. The van der Waals surface area contributed by atoms with Crippen LogP contribution in [0.1, 0.15) is 41.4 Å². The summed E-state index contributed by atoms with van der Waals surface area (Å²) in [6, 6.07) is 10.8. The number of nitrogens with zero attached hydrogens (tertiary/aromatic N) is 2. The van der Waals surface area contributed by atoms with Gasteiger partial charge in [0, 0.05) is 25.3 Å². The maximum absolute atomic E-state index is 9.21. The molecule has 1 aromatic heterocycles. The number of ether oxygens (including phenoxy) is 2. The van der Waals surface area contributed by atoms with Crippen molar-refractivity contribution in [1.82, 2.24) is 9.88 Å². The van der Waals surface area contributed by atoms with Crippen molar-refractivity contribution in [3.63, 3.8) is 0 Å². The second kappa shape index (κ2) is 6.45. The lowest BCUT2D eigenvalue weighted by atomic mass is 10.0. The van der Waals surface area contributed by atoms with E-state index in [4.69, 9.17) is 9.47 Å². The van der Waals surface area contributed by atoms with Gasteiger partial charge in [-0.15, -0.1) is 0 Å². The molecule has 1 atom stereocenters. The Kier molecular flexibility index (Phi) is 4.14. The quantitative estimate of drug-likeness (QED) is 0.910. The van der Waals surface area contributed by atoms with Crippen molar-refractivity contribution in [2.45, 2.75) is 32.4 Å². The molecule has 1 unspecified atom stereocenters. The molecule has 0 spiro atoms. The van der Waals surface area contributed by atoms with Gasteiger partial charge in [-0.3, -0.25) is 0 Å². The molecule has 1 aliphatic carbocycles. The first-order valence-electron chi connectivity index (χ1n) is 8.85. The average molecular weight is 337 g/mol. The Labute approximate surface area is 148 Å². The molecule has 2 heterocycles. The molecule has 2 aromatic rings. The number of hydrogen-bond donors (Lipinski definition) is 1. The largest absolute Gasteiger partial charge is 0.486 e. The molecule has 1 fully saturated rings. The van der Waals surface area contributed by atoms with Gasteiger partial charge in [0.1, 0.15) is 25.0 Å². The molecular formula is C20H23N3O2. The number of benzene rings is 1. The summed E-state index contributed by atoms with van der Waals surface area (Å²) < 4.78 is 13.3. The standard InChI is InChI=1S/C20H23N3O2/c1-13-16(9-17(11-21)23(13)2)12-22-20(14-3-4-14)15-5-6-18-19(10-15)25-8-7-24-18/h5-6,9-10,14,20,22H,3-4,7-8,12H2,1-2H3. The minimum atomic E-state index is 0.306. The van der Waals surface area contributed by atoms with Crippen molar-refractivity contribution in [2.24, 2.45) is 13.0 Å². The summed E-state index contributed by atoms with van der Waals surface area (Å²) in [6.45, 7) is 4.05. The van der Waals surface area contributed by atoms with Gasteiger partial charge in [0.25, 0.3) is 0 Å². The van der Waals surface area contributed by atoms with E-state index in [0.717, 1.165) is 23.7 Å². The van der Waals surface area contributed by atoms with E-state index < -0.39 is 0 Å². The van der Waals surface area contributed by atoms with Crippen molar-refractivity contribution in [1.29, 1.82) is 5.26 Å². The van der Waals surface area contributed by atoms with Crippen LogP contribution in [0.15, 0.2) is 24.3 Å². The molecule has 1 aromatic carbocycles. The molecule has 1 saturated carbocycles. The highest BCUT2D eigenvalue weighted by Gasteiger charge is 2.33. The van der Waals surface area contributed by atoms with Gasteiger partial charge >= 0.3 is 0 Å². The second-order valence-corrected chi connectivity index (χ2v) is 6.91. The van der Waals surface area contributed by atoms with Gasteiger partial charge in [-0.2, -0.15) is 5.26 Å². The van der Waals surface area contributed by atoms with E-state index in [0.29, 0.717) is 30.9 Å². The van der Waals surface area contributed by atoms with Crippen molar-refractivity contribution >= 4 is 0 Å². The molecule has 1 N–H and O–H groups in total. The summed E-state index contributed by atoms with van der Waals surface area (Å²) >= 11 is 0. The highest BCUT2D eigenvalue weighted by atomic mass is 16.6. The minimum absolute atomic E-state index is 0.306. The molecule has 0 amide bonds. The van der Waals surface area contributed by atoms with Crippen LogP contribution in [0.5, 0.6) is 11.5 Å². The van der Waals surface area contributed by atoms with Gasteiger partial charge in [-0.05, 0) is 55.0 Å². The maximum atomic E-state index is 9.21. The summed E-state index contributed by atoms with van der Waals surface area (Å²) in [4.78, 5) is 0. The number of nitriles is 1. The molecule has 0 bridgehead atoms. The Balaban J connectivity index is 1.54. The minimum Gasteiger partial charge on any atom is -0.486 e. The van der Waals surface area contributed by atoms with E-state index in [1.165, 1.54) is 24.0 Å². The number of aromatic nitrogens is 1. The zero-order chi connectivity index (χ0) is 17.4. The topological polar surface area (TPSA) is 59.2 Å². The van der Waals surface area contributed by atoms with Crippen LogP contribution in [0, 0.1) is 24.2 Å². The second-order valence-electron chi connectivity index (χ2n) is 6.91. The lowest BCUT2D eigenvalue weighted by Crippen LogP contribution is -2.23. The molecule has 5 heteroatoms. The van der Waals surface area contributed by atoms with E-state index >= 15 is 0 Å². The van der Waals surface area contributed by atoms with Crippen LogP contribution in [-0.4, -0.2) is 17.8 Å². The van der Waals surface area contributed by atoms with E-state index in [9.17, 15) is 5.26 Å². The number of fused-ring (bicyclic) bond motifs is 1. The molecule has 0 saturated heterocycles. The number of nitrogens with one attached hydrogen (secondary N) is 1. The first-order chi connectivity index (χ1) is 12.2. The molecular weight excluding hydrogens is 314 g/mol. The Morgan fingerprint density at radius 1 is 1.24 bits per heavy atom. The van der Waals surface area contributed by atoms with E-state index in [1.54, 1.807) is 0 Å². The normalized spacial score (nSPS) is 17.2. The van der Waals surface area contributed by atoms with Crippen LogP contribution in [0.25, 0.3) is 0 Å². The van der Waals surface area contributed by atoms with Crippen LogP contribution in [0.4, 0.5) is 0 Å². The van der Waals surface area contributed by atoms with Gasteiger partial charge in [-0.25, -0.2) is 0 Å². The summed E-state index contributed by atoms with van der Waals surface area (Å²) in [5, 5.41) is 12.9. The number of hydrogen-bond acceptors (Lipinski definition) is 4. The van der Waals surface area contributed by atoms with Crippen LogP contribution >= 0.6 is 0 Å². The SMILES string of the molecule is Cc1c(CNC(c2ccc3c(c2)OCCO3)C2CC2)cc(C#N)n1C. The monoisotopic (exact) mass is 337 g/mol. The predicted octanol–water partition coefficient (Wildman–Crippen LogP) is 3.22. The summed E-state index contributed by atoms with van der Waals surface area (Å²) in [7, 11) is 1.94. The van der Waals surface area contributed by atoms with Crippen molar-refractivity contribution in [3.05, 3.63) is 46.8 Å². The van der Waals surface area contributed by atoms with Crippen LogP contribution in [-0.2, 0) is 13.6 Å². The maximum Gasteiger partial charge on any atom is 0.161 e. The Morgan fingerprint density at radius 3 is 2.68 bits per heavy atom. The van der Waals surface area contributed by atoms with Gasteiger partial charge in [-0.1, -0.05) is 6.07 Å². The van der Waals surface area contributed by atoms with Crippen LogP contribution in [0.3, 0.4) is 0 Å². The fourth-order valence-electron chi connectivity index (χ4n) is 3.51. The molecule has 0 radical (unpaired) electrons. The van der Waals surface area contributed by atoms with E-state index in [2.05, 4.69) is 30.4 Å².